The summed E-state index contributed by atoms with van der Waals surface area (Å²) >= 11 is 0. The molecule has 0 spiro atoms. The number of hydrogen-bond donors (Lipinski definition) is 2. The number of fused-ring (bicyclic) bond motifs is 1. The lowest BCUT2D eigenvalue weighted by atomic mass is 10.0. The van der Waals surface area contributed by atoms with Gasteiger partial charge in [0.2, 0.25) is 0 Å². The molecule has 1 aliphatic heterocycles. The number of nitrogens with one attached hydrogen (secondary N) is 2. The van der Waals surface area contributed by atoms with Crippen LogP contribution in [0, 0.1) is 5.92 Å². The van der Waals surface area contributed by atoms with E-state index < -0.39 is 0 Å². The molecule has 3 rings (SSSR count). The minimum absolute atomic E-state index is 0.506. The van der Waals surface area contributed by atoms with Crippen molar-refractivity contribution in [2.75, 3.05) is 32.7 Å². The zero-order valence-corrected chi connectivity index (χ0v) is 16.7. The zero-order chi connectivity index (χ0) is 18.9. The van der Waals surface area contributed by atoms with Crippen molar-refractivity contribution in [3.63, 3.8) is 0 Å². The van der Waals surface area contributed by atoms with Crippen LogP contribution in [0.2, 0.25) is 0 Å². The summed E-state index contributed by atoms with van der Waals surface area (Å²) in [6, 6.07) is 5.90. The van der Waals surface area contributed by atoms with E-state index >= 15 is 0 Å². The van der Waals surface area contributed by atoms with E-state index in [1.165, 1.54) is 38.9 Å². The normalized spacial score (nSPS) is 18.7. The van der Waals surface area contributed by atoms with Crippen LogP contribution in [0.15, 0.2) is 29.4 Å². The van der Waals surface area contributed by atoms with Gasteiger partial charge in [0.15, 0.2) is 17.4 Å². The van der Waals surface area contributed by atoms with Crippen LogP contribution < -0.4 is 10.6 Å². The van der Waals surface area contributed by atoms with Crippen LogP contribution in [0.1, 0.15) is 45.4 Å². The molecule has 1 saturated heterocycles. The number of guanidine groups is 1. The number of rotatable bonds is 8. The van der Waals surface area contributed by atoms with Gasteiger partial charge in [0.1, 0.15) is 6.54 Å². The fourth-order valence-electron chi connectivity index (χ4n) is 3.65. The van der Waals surface area contributed by atoms with E-state index in [9.17, 15) is 0 Å². The van der Waals surface area contributed by atoms with Crippen molar-refractivity contribution < 1.29 is 0 Å². The molecule has 2 aromatic heterocycles. The second-order valence-electron chi connectivity index (χ2n) is 7.42. The summed E-state index contributed by atoms with van der Waals surface area (Å²) in [7, 11) is 0. The molecule has 7 nitrogen and oxygen atoms in total. The summed E-state index contributed by atoms with van der Waals surface area (Å²) in [5.74, 6) is 2.55. The molecule has 7 heteroatoms. The number of aromatic nitrogens is 3. The Bertz CT molecular complexity index is 724. The van der Waals surface area contributed by atoms with Crippen molar-refractivity contribution in [1.29, 1.82) is 0 Å². The maximum absolute atomic E-state index is 4.66. The van der Waals surface area contributed by atoms with Gasteiger partial charge < -0.3 is 15.5 Å². The van der Waals surface area contributed by atoms with E-state index in [0.29, 0.717) is 6.54 Å². The first kappa shape index (κ1) is 19.6. The van der Waals surface area contributed by atoms with Crippen LogP contribution in [0.3, 0.4) is 0 Å². The zero-order valence-electron chi connectivity index (χ0n) is 16.7. The molecule has 0 radical (unpaired) electrons. The number of unbranched alkanes of at least 4 members (excludes halogenated alkanes) is 1. The summed E-state index contributed by atoms with van der Waals surface area (Å²) in [6.45, 7) is 10.5. The molecule has 3 heterocycles. The Kier molecular flexibility index (Phi) is 7.45. The molecule has 1 fully saturated rings. The Labute approximate surface area is 162 Å². The largest absolute Gasteiger partial charge is 0.357 e. The molecule has 0 saturated carbocycles. The van der Waals surface area contributed by atoms with Crippen molar-refractivity contribution in [1.82, 2.24) is 30.1 Å². The lowest BCUT2D eigenvalue weighted by Crippen LogP contribution is -2.38. The molecule has 27 heavy (non-hydrogen) atoms. The Morgan fingerprint density at radius 2 is 2.19 bits per heavy atom. The average molecular weight is 372 g/mol. The average Bonchev–Trinajstić information content (AvgIpc) is 3.09. The SMILES string of the molecule is CCNC(=NCc1nnc2ccccn12)NCCCCN1CCCC(C)C1. The summed E-state index contributed by atoms with van der Waals surface area (Å²) in [5, 5.41) is 15.2. The lowest BCUT2D eigenvalue weighted by Gasteiger charge is -2.30. The Balaban J connectivity index is 1.42. The molecule has 2 aromatic rings. The van der Waals surface area contributed by atoms with Crippen molar-refractivity contribution in [3.8, 4) is 0 Å². The smallest absolute Gasteiger partial charge is 0.191 e. The molecular formula is C20H33N7. The molecule has 0 amide bonds. The van der Waals surface area contributed by atoms with E-state index in [4.69, 9.17) is 0 Å². The van der Waals surface area contributed by atoms with Crippen LogP contribution in [-0.4, -0.2) is 58.2 Å². The summed E-state index contributed by atoms with van der Waals surface area (Å²) in [4.78, 5) is 7.28. The number of nitrogens with zero attached hydrogens (tertiary/aromatic N) is 5. The lowest BCUT2D eigenvalue weighted by molar-refractivity contribution is 0.181. The minimum atomic E-state index is 0.506. The van der Waals surface area contributed by atoms with Crippen molar-refractivity contribution >= 4 is 11.6 Å². The highest BCUT2D eigenvalue weighted by Crippen LogP contribution is 2.15. The highest BCUT2D eigenvalue weighted by atomic mass is 15.3. The third kappa shape index (κ3) is 5.92. The quantitative estimate of drug-likeness (QED) is 0.423. The number of piperidine rings is 1. The number of pyridine rings is 1. The predicted molar refractivity (Wildman–Crippen MR) is 110 cm³/mol. The monoisotopic (exact) mass is 371 g/mol. The molecule has 2 N–H and O–H groups in total. The molecule has 1 unspecified atom stereocenters. The van der Waals surface area contributed by atoms with E-state index in [1.54, 1.807) is 0 Å². The second-order valence-corrected chi connectivity index (χ2v) is 7.42. The molecule has 1 aliphatic rings. The molecule has 0 bridgehead atoms. The first-order chi connectivity index (χ1) is 13.3. The number of aliphatic imine (C=N–C) groups is 1. The van der Waals surface area contributed by atoms with Gasteiger partial charge in [0.05, 0.1) is 0 Å². The van der Waals surface area contributed by atoms with Crippen molar-refractivity contribution in [3.05, 3.63) is 30.2 Å². The van der Waals surface area contributed by atoms with Gasteiger partial charge in [0.25, 0.3) is 0 Å². The summed E-state index contributed by atoms with van der Waals surface area (Å²) in [6.07, 6.45) is 7.11. The van der Waals surface area contributed by atoms with Gasteiger partial charge in [-0.1, -0.05) is 13.0 Å². The first-order valence-corrected chi connectivity index (χ1v) is 10.3. The van der Waals surface area contributed by atoms with E-state index in [1.807, 2.05) is 28.8 Å². The summed E-state index contributed by atoms with van der Waals surface area (Å²) < 4.78 is 1.98. The van der Waals surface area contributed by atoms with Gasteiger partial charge in [-0.05, 0) is 63.7 Å². The maximum atomic E-state index is 4.66. The van der Waals surface area contributed by atoms with Crippen LogP contribution in [0.5, 0.6) is 0 Å². The van der Waals surface area contributed by atoms with E-state index in [2.05, 4.69) is 44.6 Å². The van der Waals surface area contributed by atoms with Crippen LogP contribution in [0.25, 0.3) is 5.65 Å². The van der Waals surface area contributed by atoms with Gasteiger partial charge in [-0.2, -0.15) is 0 Å². The fourth-order valence-corrected chi connectivity index (χ4v) is 3.65. The van der Waals surface area contributed by atoms with E-state index in [0.717, 1.165) is 42.9 Å². The minimum Gasteiger partial charge on any atom is -0.357 e. The third-order valence-corrected chi connectivity index (χ3v) is 5.04. The molecule has 1 atom stereocenters. The van der Waals surface area contributed by atoms with Crippen LogP contribution in [0.4, 0.5) is 0 Å². The van der Waals surface area contributed by atoms with Gasteiger partial charge >= 0.3 is 0 Å². The second kappa shape index (κ2) is 10.3. The highest BCUT2D eigenvalue weighted by molar-refractivity contribution is 5.79. The standard InChI is InChI=1S/C20H33N7/c1-3-21-20(22-11-5-7-12-26-13-8-9-17(2)16-26)23-15-19-25-24-18-10-4-6-14-27(18)19/h4,6,10,14,17H,3,5,7-9,11-13,15-16H2,1-2H3,(H2,21,22,23). The maximum Gasteiger partial charge on any atom is 0.191 e. The van der Waals surface area contributed by atoms with Crippen molar-refractivity contribution in [2.24, 2.45) is 10.9 Å². The highest BCUT2D eigenvalue weighted by Gasteiger charge is 2.15. The topological polar surface area (TPSA) is 69.8 Å². The van der Waals surface area contributed by atoms with Gasteiger partial charge in [-0.15, -0.1) is 10.2 Å². The molecule has 148 valence electrons. The van der Waals surface area contributed by atoms with Gasteiger partial charge in [-0.3, -0.25) is 4.40 Å². The van der Waals surface area contributed by atoms with Gasteiger partial charge in [-0.25, -0.2) is 4.99 Å². The van der Waals surface area contributed by atoms with E-state index in [-0.39, 0.29) is 0 Å². The van der Waals surface area contributed by atoms with Crippen molar-refractivity contribution in [2.45, 2.75) is 46.1 Å². The van der Waals surface area contributed by atoms with Crippen LogP contribution >= 0.6 is 0 Å². The predicted octanol–water partition coefficient (Wildman–Crippen LogP) is 2.30. The van der Waals surface area contributed by atoms with Crippen LogP contribution in [-0.2, 0) is 6.54 Å². The number of likely N-dealkylation sites (tertiary alicyclic amines) is 1. The Morgan fingerprint density at radius 1 is 1.26 bits per heavy atom. The molecule has 0 aromatic carbocycles. The number of hydrogen-bond acceptors (Lipinski definition) is 4. The Hall–Kier alpha value is -2.15. The Morgan fingerprint density at radius 3 is 3.04 bits per heavy atom. The molecule has 0 aliphatic carbocycles. The first-order valence-electron chi connectivity index (χ1n) is 10.3. The third-order valence-electron chi connectivity index (χ3n) is 5.04. The molecular weight excluding hydrogens is 338 g/mol. The fraction of sp³-hybridized carbons (Fsp3) is 0.650. The summed E-state index contributed by atoms with van der Waals surface area (Å²) in [5.41, 5.74) is 0.854. The van der Waals surface area contributed by atoms with Gasteiger partial charge in [0, 0.05) is 25.8 Å².